The second-order valence-electron chi connectivity index (χ2n) is 3.80. The largest absolute Gasteiger partial charge is 0.478 e. The lowest BCUT2D eigenvalue weighted by Gasteiger charge is -2.08. The van der Waals surface area contributed by atoms with E-state index in [9.17, 15) is 14.9 Å². The Balaban J connectivity index is 2.38. The third-order valence-corrected chi connectivity index (χ3v) is 2.97. The van der Waals surface area contributed by atoms with Crippen molar-refractivity contribution in [3.63, 3.8) is 0 Å². The monoisotopic (exact) mass is 337 g/mol. The zero-order valence-corrected chi connectivity index (χ0v) is 11.5. The van der Waals surface area contributed by atoms with E-state index in [4.69, 9.17) is 9.84 Å². The van der Waals surface area contributed by atoms with Crippen LogP contribution in [0.3, 0.4) is 0 Å². The van der Waals surface area contributed by atoms with Gasteiger partial charge < -0.3 is 9.84 Å². The lowest BCUT2D eigenvalue weighted by Crippen LogP contribution is -2.01. The summed E-state index contributed by atoms with van der Waals surface area (Å²) >= 11 is 3.27. The molecule has 0 radical (unpaired) electrons. The smallest absolute Gasteiger partial charge is 0.339 e. The molecule has 0 saturated heterocycles. The van der Waals surface area contributed by atoms with Gasteiger partial charge in [-0.05, 0) is 30.3 Å². The topological polar surface area (TPSA) is 89.7 Å². The molecule has 0 heterocycles. The van der Waals surface area contributed by atoms with Crippen molar-refractivity contribution in [3.8, 4) is 11.5 Å². The maximum Gasteiger partial charge on any atom is 0.339 e. The van der Waals surface area contributed by atoms with Crippen LogP contribution in [0.4, 0.5) is 5.69 Å². The summed E-state index contributed by atoms with van der Waals surface area (Å²) in [5.74, 6) is -0.809. The van der Waals surface area contributed by atoms with E-state index in [0.717, 1.165) is 10.5 Å². The summed E-state index contributed by atoms with van der Waals surface area (Å²) < 4.78 is 6.29. The van der Waals surface area contributed by atoms with Crippen molar-refractivity contribution in [1.29, 1.82) is 0 Å². The van der Waals surface area contributed by atoms with Gasteiger partial charge in [0.1, 0.15) is 17.1 Å². The predicted octanol–water partition coefficient (Wildman–Crippen LogP) is 3.85. The van der Waals surface area contributed by atoms with Crippen LogP contribution in [0.5, 0.6) is 11.5 Å². The van der Waals surface area contributed by atoms with E-state index in [-0.39, 0.29) is 17.0 Å². The second-order valence-corrected chi connectivity index (χ2v) is 4.71. The molecule has 0 bridgehead atoms. The van der Waals surface area contributed by atoms with Crippen molar-refractivity contribution < 1.29 is 19.6 Å². The molecule has 102 valence electrons. The molecule has 0 aliphatic carbocycles. The minimum absolute atomic E-state index is 0.0467. The summed E-state index contributed by atoms with van der Waals surface area (Å²) in [5, 5.41) is 19.7. The molecule has 0 saturated carbocycles. The van der Waals surface area contributed by atoms with Crippen LogP contribution in [-0.4, -0.2) is 16.0 Å². The first-order valence-electron chi connectivity index (χ1n) is 5.42. The third-order valence-electron chi connectivity index (χ3n) is 2.45. The number of benzene rings is 2. The summed E-state index contributed by atoms with van der Waals surface area (Å²) in [6.45, 7) is 0. The normalized spacial score (nSPS) is 10.1. The Morgan fingerprint density at radius 2 is 1.85 bits per heavy atom. The first-order valence-corrected chi connectivity index (χ1v) is 6.22. The molecular weight excluding hydrogens is 330 g/mol. The van der Waals surface area contributed by atoms with Crippen molar-refractivity contribution in [2.45, 2.75) is 0 Å². The Hall–Kier alpha value is -2.41. The van der Waals surface area contributed by atoms with Gasteiger partial charge in [0, 0.05) is 16.6 Å². The van der Waals surface area contributed by atoms with Gasteiger partial charge in [0.05, 0.1) is 4.92 Å². The van der Waals surface area contributed by atoms with Gasteiger partial charge in [0.15, 0.2) is 0 Å². The average molecular weight is 338 g/mol. The summed E-state index contributed by atoms with van der Waals surface area (Å²) in [6, 6.07) is 10.2. The molecule has 2 aromatic carbocycles. The van der Waals surface area contributed by atoms with Crippen LogP contribution in [0.25, 0.3) is 0 Å². The summed E-state index contributed by atoms with van der Waals surface area (Å²) in [6.07, 6.45) is 0. The van der Waals surface area contributed by atoms with Crippen molar-refractivity contribution in [3.05, 3.63) is 62.6 Å². The van der Waals surface area contributed by atoms with Crippen LogP contribution in [0.15, 0.2) is 46.9 Å². The number of carboxylic acid groups (broad SMARTS) is 1. The molecule has 2 rings (SSSR count). The Kier molecular flexibility index (Phi) is 3.99. The van der Waals surface area contributed by atoms with E-state index in [1.165, 1.54) is 12.1 Å². The molecule has 7 heteroatoms. The predicted molar refractivity (Wildman–Crippen MR) is 74.3 cm³/mol. The van der Waals surface area contributed by atoms with Crippen LogP contribution in [0.1, 0.15) is 10.4 Å². The highest BCUT2D eigenvalue weighted by atomic mass is 79.9. The average Bonchev–Trinajstić information content (AvgIpc) is 2.41. The number of non-ortho nitro benzene ring substituents is 1. The molecule has 0 fully saturated rings. The number of nitro benzene ring substituents is 1. The Labute approximate surface area is 121 Å². The number of rotatable bonds is 4. The summed E-state index contributed by atoms with van der Waals surface area (Å²) in [7, 11) is 0. The minimum atomic E-state index is -1.29. The van der Waals surface area contributed by atoms with E-state index in [1.807, 2.05) is 0 Å². The van der Waals surface area contributed by atoms with Gasteiger partial charge in [0.2, 0.25) is 0 Å². The molecule has 2 aromatic rings. The molecule has 0 amide bonds. The van der Waals surface area contributed by atoms with Crippen LogP contribution in [0, 0.1) is 10.1 Å². The second kappa shape index (κ2) is 5.70. The van der Waals surface area contributed by atoms with Gasteiger partial charge >= 0.3 is 5.97 Å². The number of ether oxygens (including phenoxy) is 1. The highest BCUT2D eigenvalue weighted by Crippen LogP contribution is 2.29. The number of carboxylic acids is 1. The van der Waals surface area contributed by atoms with Gasteiger partial charge in [-0.25, -0.2) is 4.79 Å². The molecule has 20 heavy (non-hydrogen) atoms. The molecule has 0 aliphatic heterocycles. The lowest BCUT2D eigenvalue weighted by atomic mass is 10.2. The maximum absolute atomic E-state index is 11.1. The number of hydrogen-bond acceptors (Lipinski definition) is 4. The van der Waals surface area contributed by atoms with Gasteiger partial charge in [0.25, 0.3) is 5.69 Å². The van der Waals surface area contributed by atoms with E-state index >= 15 is 0 Å². The molecule has 0 aromatic heterocycles. The molecular formula is C13H8BrNO5. The maximum atomic E-state index is 11.1. The van der Waals surface area contributed by atoms with Crippen molar-refractivity contribution in [2.75, 3.05) is 0 Å². The van der Waals surface area contributed by atoms with E-state index in [1.54, 1.807) is 24.3 Å². The number of halogens is 1. The highest BCUT2D eigenvalue weighted by Gasteiger charge is 2.17. The van der Waals surface area contributed by atoms with Gasteiger partial charge in [-0.15, -0.1) is 0 Å². The van der Waals surface area contributed by atoms with Crippen LogP contribution >= 0.6 is 15.9 Å². The van der Waals surface area contributed by atoms with Crippen molar-refractivity contribution in [2.24, 2.45) is 0 Å². The highest BCUT2D eigenvalue weighted by molar-refractivity contribution is 9.10. The molecule has 6 nitrogen and oxygen atoms in total. The van der Waals surface area contributed by atoms with Gasteiger partial charge in [-0.1, -0.05) is 15.9 Å². The SMILES string of the molecule is O=C(O)c1cc([N+](=O)[O-])ccc1Oc1ccc(Br)cc1. The number of hydrogen-bond donors (Lipinski definition) is 1. The van der Waals surface area contributed by atoms with Gasteiger partial charge in [-0.3, -0.25) is 10.1 Å². The molecule has 0 spiro atoms. The number of nitro groups is 1. The van der Waals surface area contributed by atoms with Crippen molar-refractivity contribution >= 4 is 27.6 Å². The quantitative estimate of drug-likeness (QED) is 0.676. The number of carbonyl (C=O) groups is 1. The van der Waals surface area contributed by atoms with E-state index < -0.39 is 10.9 Å². The van der Waals surface area contributed by atoms with Crippen LogP contribution in [-0.2, 0) is 0 Å². The van der Waals surface area contributed by atoms with Crippen LogP contribution < -0.4 is 4.74 Å². The first-order chi connectivity index (χ1) is 9.47. The fourth-order valence-electron chi connectivity index (χ4n) is 1.52. The zero-order chi connectivity index (χ0) is 14.7. The Bertz CT molecular complexity index is 669. The summed E-state index contributed by atoms with van der Waals surface area (Å²) in [5.41, 5.74) is -0.562. The minimum Gasteiger partial charge on any atom is -0.478 e. The standard InChI is InChI=1S/C13H8BrNO5/c14-8-1-4-10(5-2-8)20-12-6-3-9(15(18)19)7-11(12)13(16)17/h1-7H,(H,16,17). The Morgan fingerprint density at radius 1 is 1.20 bits per heavy atom. The van der Waals surface area contributed by atoms with Gasteiger partial charge in [-0.2, -0.15) is 0 Å². The number of aromatic carboxylic acids is 1. The molecule has 0 aliphatic rings. The Morgan fingerprint density at radius 3 is 2.40 bits per heavy atom. The van der Waals surface area contributed by atoms with E-state index in [0.29, 0.717) is 5.75 Å². The third kappa shape index (κ3) is 3.12. The molecule has 0 atom stereocenters. The fraction of sp³-hybridized carbons (Fsp3) is 0. The summed E-state index contributed by atoms with van der Waals surface area (Å²) in [4.78, 5) is 21.1. The molecule has 1 N–H and O–H groups in total. The lowest BCUT2D eigenvalue weighted by molar-refractivity contribution is -0.384. The number of nitrogens with zero attached hydrogens (tertiary/aromatic N) is 1. The zero-order valence-electron chi connectivity index (χ0n) is 9.95. The molecule has 0 unspecified atom stereocenters. The van der Waals surface area contributed by atoms with Crippen molar-refractivity contribution in [1.82, 2.24) is 0 Å². The first kappa shape index (κ1) is 14.0. The van der Waals surface area contributed by atoms with E-state index in [2.05, 4.69) is 15.9 Å². The van der Waals surface area contributed by atoms with Crippen LogP contribution in [0.2, 0.25) is 0 Å². The fourth-order valence-corrected chi connectivity index (χ4v) is 1.78.